The van der Waals surface area contributed by atoms with Gasteiger partial charge in [0.2, 0.25) is 0 Å². The summed E-state index contributed by atoms with van der Waals surface area (Å²) in [5, 5.41) is 5.37. The zero-order valence-corrected chi connectivity index (χ0v) is 14.9. The van der Waals surface area contributed by atoms with Crippen molar-refractivity contribution in [2.75, 3.05) is 12.4 Å². The first-order valence-electron chi connectivity index (χ1n) is 8.56. The van der Waals surface area contributed by atoms with Crippen LogP contribution in [0.5, 0.6) is 5.75 Å². The second-order valence-corrected chi connectivity index (χ2v) is 5.91. The van der Waals surface area contributed by atoms with Crippen LogP contribution in [0.4, 0.5) is 5.69 Å². The smallest absolute Gasteiger partial charge is 0.255 e. The third kappa shape index (κ3) is 4.95. The number of benzene rings is 3. The second-order valence-electron chi connectivity index (χ2n) is 5.91. The van der Waals surface area contributed by atoms with E-state index in [2.05, 4.69) is 10.6 Å². The van der Waals surface area contributed by atoms with Crippen molar-refractivity contribution in [1.29, 1.82) is 0 Å². The Morgan fingerprint density at radius 1 is 0.778 bits per heavy atom. The standard InChI is InChI=1S/C22H20N2O3/c1-23-21(25)17-11-13-19(14-12-17)24-22(26)18-9-7-16(8-10-18)15-27-20-5-3-2-4-6-20/h2-14H,15H2,1H3,(H,23,25)(H,24,26). The fraction of sp³-hybridized carbons (Fsp3) is 0.0909. The van der Waals surface area contributed by atoms with Gasteiger partial charge in [0.05, 0.1) is 0 Å². The van der Waals surface area contributed by atoms with Gasteiger partial charge in [-0.1, -0.05) is 30.3 Å². The molecule has 0 saturated carbocycles. The molecule has 0 aliphatic heterocycles. The van der Waals surface area contributed by atoms with Crippen molar-refractivity contribution in [2.24, 2.45) is 0 Å². The summed E-state index contributed by atoms with van der Waals surface area (Å²) in [5.74, 6) is 0.430. The second kappa shape index (κ2) is 8.67. The lowest BCUT2D eigenvalue weighted by Crippen LogP contribution is -2.17. The Morgan fingerprint density at radius 2 is 1.37 bits per heavy atom. The minimum atomic E-state index is -0.210. The third-order valence-corrected chi connectivity index (χ3v) is 4.00. The fourth-order valence-electron chi connectivity index (χ4n) is 2.49. The molecule has 27 heavy (non-hydrogen) atoms. The Hall–Kier alpha value is -3.60. The Kier molecular flexibility index (Phi) is 5.84. The minimum Gasteiger partial charge on any atom is -0.489 e. The molecule has 3 aromatic carbocycles. The third-order valence-electron chi connectivity index (χ3n) is 4.00. The normalized spacial score (nSPS) is 10.1. The van der Waals surface area contributed by atoms with E-state index in [1.165, 1.54) is 0 Å². The summed E-state index contributed by atoms with van der Waals surface area (Å²) in [6.45, 7) is 0.437. The Morgan fingerprint density at radius 3 is 2.00 bits per heavy atom. The van der Waals surface area contributed by atoms with Crippen molar-refractivity contribution in [3.05, 3.63) is 95.6 Å². The van der Waals surface area contributed by atoms with Gasteiger partial charge in [0.15, 0.2) is 0 Å². The Balaban J connectivity index is 1.58. The lowest BCUT2D eigenvalue weighted by Gasteiger charge is -2.08. The lowest BCUT2D eigenvalue weighted by atomic mass is 10.1. The van der Waals surface area contributed by atoms with Crippen molar-refractivity contribution in [1.82, 2.24) is 5.32 Å². The van der Waals surface area contributed by atoms with Crippen molar-refractivity contribution in [3.8, 4) is 5.75 Å². The van der Waals surface area contributed by atoms with Crippen molar-refractivity contribution < 1.29 is 14.3 Å². The van der Waals surface area contributed by atoms with E-state index < -0.39 is 0 Å². The Labute approximate surface area is 158 Å². The molecule has 0 aliphatic rings. The SMILES string of the molecule is CNC(=O)c1ccc(NC(=O)c2ccc(COc3ccccc3)cc2)cc1. The molecule has 0 unspecified atom stereocenters. The first-order chi connectivity index (χ1) is 13.2. The maximum absolute atomic E-state index is 12.4. The average molecular weight is 360 g/mol. The predicted molar refractivity (Wildman–Crippen MR) is 105 cm³/mol. The summed E-state index contributed by atoms with van der Waals surface area (Å²) < 4.78 is 5.69. The van der Waals surface area contributed by atoms with Gasteiger partial charge < -0.3 is 15.4 Å². The number of hydrogen-bond donors (Lipinski definition) is 2. The van der Waals surface area contributed by atoms with Crippen molar-refractivity contribution in [2.45, 2.75) is 6.61 Å². The van der Waals surface area contributed by atoms with Gasteiger partial charge >= 0.3 is 0 Å². The highest BCUT2D eigenvalue weighted by molar-refractivity contribution is 6.04. The number of carbonyl (C=O) groups excluding carboxylic acids is 2. The number of carbonyl (C=O) groups is 2. The Bertz CT molecular complexity index is 905. The molecule has 0 saturated heterocycles. The molecule has 2 amide bonds. The van der Waals surface area contributed by atoms with E-state index in [0.29, 0.717) is 23.4 Å². The average Bonchev–Trinajstić information content (AvgIpc) is 2.73. The first-order valence-corrected chi connectivity index (χ1v) is 8.56. The molecule has 0 radical (unpaired) electrons. The summed E-state index contributed by atoms with van der Waals surface area (Å²) in [5.41, 5.74) is 2.70. The predicted octanol–water partition coefficient (Wildman–Crippen LogP) is 3.88. The number of para-hydroxylation sites is 1. The topological polar surface area (TPSA) is 67.4 Å². The van der Waals surface area contributed by atoms with Crippen LogP contribution in [-0.4, -0.2) is 18.9 Å². The van der Waals surface area contributed by atoms with Crippen LogP contribution in [0, 0.1) is 0 Å². The van der Waals surface area contributed by atoms with E-state index in [0.717, 1.165) is 11.3 Å². The zero-order valence-electron chi connectivity index (χ0n) is 14.9. The minimum absolute atomic E-state index is 0.166. The molecule has 2 N–H and O–H groups in total. The summed E-state index contributed by atoms with van der Waals surface area (Å²) in [4.78, 5) is 23.9. The molecule has 5 nitrogen and oxygen atoms in total. The lowest BCUT2D eigenvalue weighted by molar-refractivity contribution is 0.0962. The van der Waals surface area contributed by atoms with E-state index in [-0.39, 0.29) is 11.8 Å². The maximum Gasteiger partial charge on any atom is 0.255 e. The summed E-state index contributed by atoms with van der Waals surface area (Å²) in [6.07, 6.45) is 0. The van der Waals surface area contributed by atoms with Crippen LogP contribution in [0.25, 0.3) is 0 Å². The van der Waals surface area contributed by atoms with Gasteiger partial charge in [0.1, 0.15) is 12.4 Å². The molecule has 0 atom stereocenters. The number of nitrogens with one attached hydrogen (secondary N) is 2. The molecule has 0 aliphatic carbocycles. The molecule has 0 heterocycles. The highest BCUT2D eigenvalue weighted by Gasteiger charge is 2.08. The van der Waals surface area contributed by atoms with Gasteiger partial charge in [-0.25, -0.2) is 0 Å². The van der Waals surface area contributed by atoms with E-state index in [1.54, 1.807) is 43.4 Å². The number of amides is 2. The van der Waals surface area contributed by atoms with Crippen molar-refractivity contribution in [3.63, 3.8) is 0 Å². The molecule has 136 valence electrons. The van der Waals surface area contributed by atoms with E-state index in [1.807, 2.05) is 42.5 Å². The van der Waals surface area contributed by atoms with E-state index >= 15 is 0 Å². The van der Waals surface area contributed by atoms with Gasteiger partial charge in [0.25, 0.3) is 11.8 Å². The maximum atomic E-state index is 12.4. The summed E-state index contributed by atoms with van der Waals surface area (Å²) >= 11 is 0. The molecule has 0 aromatic heterocycles. The number of rotatable bonds is 6. The summed E-state index contributed by atoms with van der Waals surface area (Å²) in [6, 6.07) is 23.6. The summed E-state index contributed by atoms with van der Waals surface area (Å²) in [7, 11) is 1.58. The van der Waals surface area contributed by atoms with Gasteiger partial charge in [-0.2, -0.15) is 0 Å². The van der Waals surface area contributed by atoms with Crippen LogP contribution >= 0.6 is 0 Å². The van der Waals surface area contributed by atoms with Crippen LogP contribution < -0.4 is 15.4 Å². The van der Waals surface area contributed by atoms with Gasteiger partial charge in [0, 0.05) is 23.9 Å². The molecule has 0 fully saturated rings. The van der Waals surface area contributed by atoms with Gasteiger partial charge in [-0.05, 0) is 54.1 Å². The number of anilines is 1. The van der Waals surface area contributed by atoms with Crippen LogP contribution in [0.3, 0.4) is 0 Å². The van der Waals surface area contributed by atoms with E-state index in [9.17, 15) is 9.59 Å². The molecule has 0 bridgehead atoms. The van der Waals surface area contributed by atoms with E-state index in [4.69, 9.17) is 4.74 Å². The van der Waals surface area contributed by atoms with Gasteiger partial charge in [-0.15, -0.1) is 0 Å². The highest BCUT2D eigenvalue weighted by atomic mass is 16.5. The molecular formula is C22H20N2O3. The van der Waals surface area contributed by atoms with Crippen LogP contribution in [-0.2, 0) is 6.61 Å². The largest absolute Gasteiger partial charge is 0.489 e. The van der Waals surface area contributed by atoms with Gasteiger partial charge in [-0.3, -0.25) is 9.59 Å². The van der Waals surface area contributed by atoms with Crippen LogP contribution in [0.15, 0.2) is 78.9 Å². The molecule has 0 spiro atoms. The molecule has 5 heteroatoms. The number of ether oxygens (including phenoxy) is 1. The quantitative estimate of drug-likeness (QED) is 0.701. The number of hydrogen-bond acceptors (Lipinski definition) is 3. The van der Waals surface area contributed by atoms with Crippen molar-refractivity contribution >= 4 is 17.5 Å². The first kappa shape index (κ1) is 18.2. The molecule has 3 aromatic rings. The highest BCUT2D eigenvalue weighted by Crippen LogP contribution is 2.14. The molecular weight excluding hydrogens is 340 g/mol. The molecule has 3 rings (SSSR count). The van der Waals surface area contributed by atoms with Crippen LogP contribution in [0.2, 0.25) is 0 Å². The zero-order chi connectivity index (χ0) is 19.1. The fourth-order valence-corrected chi connectivity index (χ4v) is 2.49. The monoisotopic (exact) mass is 360 g/mol. The van der Waals surface area contributed by atoms with Crippen LogP contribution in [0.1, 0.15) is 26.3 Å².